The summed E-state index contributed by atoms with van der Waals surface area (Å²) in [6.45, 7) is 1.67. The van der Waals surface area contributed by atoms with E-state index in [9.17, 15) is 5.11 Å². The predicted molar refractivity (Wildman–Crippen MR) is 59.2 cm³/mol. The van der Waals surface area contributed by atoms with Gasteiger partial charge in [-0.25, -0.2) is 4.98 Å². The fourth-order valence-electron chi connectivity index (χ4n) is 1.33. The van der Waals surface area contributed by atoms with Gasteiger partial charge in [0.1, 0.15) is 5.75 Å². The third-order valence-corrected chi connectivity index (χ3v) is 2.10. The molecule has 2 rings (SSSR count). The first-order valence-electron chi connectivity index (χ1n) is 4.98. The Morgan fingerprint density at radius 3 is 2.75 bits per heavy atom. The van der Waals surface area contributed by atoms with Crippen LogP contribution in [-0.2, 0) is 0 Å². The maximum atomic E-state index is 9.55. The van der Waals surface area contributed by atoms with Crippen molar-refractivity contribution in [1.29, 1.82) is 0 Å². The van der Waals surface area contributed by atoms with Crippen molar-refractivity contribution in [3.63, 3.8) is 0 Å². The van der Waals surface area contributed by atoms with Crippen LogP contribution in [-0.4, -0.2) is 15.1 Å². The van der Waals surface area contributed by atoms with Crippen LogP contribution in [0.3, 0.4) is 0 Å². The zero-order chi connectivity index (χ0) is 11.4. The highest BCUT2D eigenvalue weighted by Gasteiger charge is 2.10. The van der Waals surface area contributed by atoms with E-state index in [0.717, 1.165) is 0 Å². The molecule has 1 N–H and O–H groups in total. The Labute approximate surface area is 93.6 Å². The molecule has 0 bridgehead atoms. The summed E-state index contributed by atoms with van der Waals surface area (Å²) in [5, 5.41) is 9.55. The summed E-state index contributed by atoms with van der Waals surface area (Å²) >= 11 is 0. The number of hydrogen-bond donors (Lipinski definition) is 1. The van der Waals surface area contributed by atoms with Gasteiger partial charge >= 0.3 is 0 Å². The van der Waals surface area contributed by atoms with Gasteiger partial charge in [0.05, 0.1) is 12.3 Å². The predicted octanol–water partition coefficient (Wildman–Crippen LogP) is 2.32. The van der Waals surface area contributed by atoms with E-state index >= 15 is 0 Å². The second-order valence-corrected chi connectivity index (χ2v) is 3.36. The summed E-state index contributed by atoms with van der Waals surface area (Å²) in [5.74, 6) is 1.01. The van der Waals surface area contributed by atoms with E-state index < -0.39 is 6.10 Å². The molecule has 0 saturated heterocycles. The molecule has 0 fully saturated rings. The third kappa shape index (κ3) is 2.35. The summed E-state index contributed by atoms with van der Waals surface area (Å²) in [4.78, 5) is 8.03. The number of pyridine rings is 2. The number of aromatic nitrogens is 2. The van der Waals surface area contributed by atoms with E-state index in [4.69, 9.17) is 4.74 Å². The van der Waals surface area contributed by atoms with E-state index in [1.54, 1.807) is 49.8 Å². The van der Waals surface area contributed by atoms with E-state index in [1.165, 1.54) is 0 Å². The molecule has 0 aliphatic heterocycles. The van der Waals surface area contributed by atoms with E-state index in [2.05, 4.69) is 9.97 Å². The van der Waals surface area contributed by atoms with Crippen molar-refractivity contribution in [1.82, 2.24) is 9.97 Å². The molecule has 82 valence electrons. The van der Waals surface area contributed by atoms with Crippen LogP contribution < -0.4 is 4.74 Å². The summed E-state index contributed by atoms with van der Waals surface area (Å²) in [5.41, 5.74) is 0.659. The van der Waals surface area contributed by atoms with Crippen molar-refractivity contribution >= 4 is 0 Å². The highest BCUT2D eigenvalue weighted by Crippen LogP contribution is 2.26. The van der Waals surface area contributed by atoms with Gasteiger partial charge in [0.15, 0.2) is 0 Å². The summed E-state index contributed by atoms with van der Waals surface area (Å²) in [7, 11) is 0. The molecule has 1 atom stereocenters. The quantitative estimate of drug-likeness (QED) is 0.855. The molecule has 2 heterocycles. The lowest BCUT2D eigenvalue weighted by Gasteiger charge is -2.10. The topological polar surface area (TPSA) is 55.2 Å². The molecule has 0 unspecified atom stereocenters. The molecule has 0 spiro atoms. The van der Waals surface area contributed by atoms with Gasteiger partial charge in [-0.15, -0.1) is 0 Å². The zero-order valence-electron chi connectivity index (χ0n) is 8.87. The first-order valence-corrected chi connectivity index (χ1v) is 4.98. The Morgan fingerprint density at radius 1 is 1.25 bits per heavy atom. The first kappa shape index (κ1) is 10.6. The molecule has 2 aromatic heterocycles. The molecule has 4 nitrogen and oxygen atoms in total. The highest BCUT2D eigenvalue weighted by atomic mass is 16.5. The van der Waals surface area contributed by atoms with Crippen molar-refractivity contribution in [3.8, 4) is 11.6 Å². The van der Waals surface area contributed by atoms with Crippen molar-refractivity contribution in [2.75, 3.05) is 0 Å². The van der Waals surface area contributed by atoms with Gasteiger partial charge in [0, 0.05) is 18.0 Å². The second kappa shape index (κ2) is 4.72. The number of aliphatic hydroxyl groups excluding tert-OH is 1. The van der Waals surface area contributed by atoms with Gasteiger partial charge < -0.3 is 9.84 Å². The van der Waals surface area contributed by atoms with Gasteiger partial charge in [0.2, 0.25) is 5.88 Å². The minimum atomic E-state index is -0.611. The average molecular weight is 216 g/mol. The summed E-state index contributed by atoms with van der Waals surface area (Å²) in [6, 6.07) is 7.11. The smallest absolute Gasteiger partial charge is 0.225 e. The van der Waals surface area contributed by atoms with Crippen LogP contribution in [0.5, 0.6) is 11.6 Å². The molecule has 0 aliphatic carbocycles. The number of ether oxygens (including phenoxy) is 1. The van der Waals surface area contributed by atoms with Gasteiger partial charge in [-0.3, -0.25) is 4.98 Å². The standard InChI is InChI=1S/C12H12N2O2/c1-9(15)11-5-3-7-14-12(11)16-10-4-2-6-13-8-10/h2-9,15H,1H3/t9-/m0/s1. The van der Waals surface area contributed by atoms with E-state index in [0.29, 0.717) is 17.2 Å². The number of aliphatic hydroxyl groups is 1. The second-order valence-electron chi connectivity index (χ2n) is 3.36. The van der Waals surface area contributed by atoms with Crippen molar-refractivity contribution in [2.45, 2.75) is 13.0 Å². The van der Waals surface area contributed by atoms with Crippen molar-refractivity contribution in [3.05, 3.63) is 48.4 Å². The molecule has 0 radical (unpaired) electrons. The molecular formula is C12H12N2O2. The molecule has 0 aromatic carbocycles. The Hall–Kier alpha value is -1.94. The van der Waals surface area contributed by atoms with Crippen LogP contribution in [0.15, 0.2) is 42.9 Å². The third-order valence-electron chi connectivity index (χ3n) is 2.10. The first-order chi connectivity index (χ1) is 7.77. The molecule has 0 amide bonds. The van der Waals surface area contributed by atoms with E-state index in [-0.39, 0.29) is 0 Å². The van der Waals surface area contributed by atoms with Crippen LogP contribution in [0.2, 0.25) is 0 Å². The largest absolute Gasteiger partial charge is 0.437 e. The average Bonchev–Trinajstić information content (AvgIpc) is 2.31. The maximum Gasteiger partial charge on any atom is 0.225 e. The lowest BCUT2D eigenvalue weighted by atomic mass is 10.2. The molecule has 0 saturated carbocycles. The highest BCUT2D eigenvalue weighted by molar-refractivity contribution is 5.31. The Balaban J connectivity index is 2.28. The van der Waals surface area contributed by atoms with Crippen molar-refractivity contribution < 1.29 is 9.84 Å². The van der Waals surface area contributed by atoms with Crippen LogP contribution in [0.1, 0.15) is 18.6 Å². The summed E-state index contributed by atoms with van der Waals surface area (Å²) in [6.07, 6.45) is 4.28. The lowest BCUT2D eigenvalue weighted by molar-refractivity contribution is 0.194. The monoisotopic (exact) mass is 216 g/mol. The summed E-state index contributed by atoms with van der Waals surface area (Å²) < 4.78 is 5.54. The molecule has 4 heteroatoms. The van der Waals surface area contributed by atoms with Crippen LogP contribution in [0.25, 0.3) is 0 Å². The molecular weight excluding hydrogens is 204 g/mol. The van der Waals surface area contributed by atoms with Crippen LogP contribution in [0, 0.1) is 0 Å². The van der Waals surface area contributed by atoms with Crippen LogP contribution >= 0.6 is 0 Å². The normalized spacial score (nSPS) is 12.1. The van der Waals surface area contributed by atoms with Crippen LogP contribution in [0.4, 0.5) is 0 Å². The fraction of sp³-hybridized carbons (Fsp3) is 0.167. The number of rotatable bonds is 3. The minimum absolute atomic E-state index is 0.408. The number of hydrogen-bond acceptors (Lipinski definition) is 4. The Morgan fingerprint density at radius 2 is 2.06 bits per heavy atom. The van der Waals surface area contributed by atoms with Gasteiger partial charge in [-0.1, -0.05) is 0 Å². The molecule has 0 aliphatic rings. The Bertz CT molecular complexity index is 458. The zero-order valence-corrected chi connectivity index (χ0v) is 8.87. The van der Waals surface area contributed by atoms with Crippen molar-refractivity contribution in [2.24, 2.45) is 0 Å². The van der Waals surface area contributed by atoms with Gasteiger partial charge in [-0.05, 0) is 31.2 Å². The molecule has 2 aromatic rings. The Kier molecular flexibility index (Phi) is 3.12. The fourth-order valence-corrected chi connectivity index (χ4v) is 1.33. The maximum absolute atomic E-state index is 9.55. The van der Waals surface area contributed by atoms with Gasteiger partial charge in [0.25, 0.3) is 0 Å². The van der Waals surface area contributed by atoms with Gasteiger partial charge in [-0.2, -0.15) is 0 Å². The van der Waals surface area contributed by atoms with E-state index in [1.807, 2.05) is 0 Å². The molecule has 16 heavy (non-hydrogen) atoms. The number of nitrogens with zero attached hydrogens (tertiary/aromatic N) is 2. The lowest BCUT2D eigenvalue weighted by Crippen LogP contribution is -1.98. The minimum Gasteiger partial charge on any atom is -0.437 e. The SMILES string of the molecule is C[C@H](O)c1cccnc1Oc1cccnc1.